The average molecular weight is 484 g/mol. The largest absolute Gasteiger partial charge is 0.388 e. The molecule has 33 heavy (non-hydrogen) atoms. The van der Waals surface area contributed by atoms with Crippen LogP contribution in [0.15, 0.2) is 29.0 Å². The minimum Gasteiger partial charge on any atom is -0.388 e. The molecule has 0 aromatic carbocycles. The van der Waals surface area contributed by atoms with E-state index in [-0.39, 0.29) is 23.0 Å². The lowest BCUT2D eigenvalue weighted by Crippen LogP contribution is -2.41. The Balaban J connectivity index is 1.67. The predicted molar refractivity (Wildman–Crippen MR) is 120 cm³/mol. The molecule has 0 spiro atoms. The molecule has 9 nitrogen and oxygen atoms in total. The SMILES string of the molecule is C=CS(=O)(=O)N1CCC(Nc2ncc3cc(C(F)F)c(=O)n([C@@H]4CCC[C@@]4(C)O)c3n2)CC1. The van der Waals surface area contributed by atoms with E-state index < -0.39 is 39.2 Å². The molecule has 0 unspecified atom stereocenters. The zero-order valence-corrected chi connectivity index (χ0v) is 19.1. The van der Waals surface area contributed by atoms with Crippen molar-refractivity contribution < 1.29 is 22.3 Å². The Kier molecular flexibility index (Phi) is 6.27. The second-order valence-corrected chi connectivity index (χ2v) is 10.7. The van der Waals surface area contributed by atoms with E-state index in [0.29, 0.717) is 45.2 Å². The van der Waals surface area contributed by atoms with Gasteiger partial charge in [0, 0.05) is 36.1 Å². The number of rotatable bonds is 6. The molecule has 2 aliphatic rings. The summed E-state index contributed by atoms with van der Waals surface area (Å²) in [5.74, 6) is 0.211. The van der Waals surface area contributed by atoms with Crippen molar-refractivity contribution in [1.29, 1.82) is 0 Å². The number of nitrogens with zero attached hydrogens (tertiary/aromatic N) is 4. The monoisotopic (exact) mass is 483 g/mol. The normalized spacial score (nSPS) is 25.1. The molecule has 1 saturated carbocycles. The van der Waals surface area contributed by atoms with Crippen molar-refractivity contribution >= 4 is 27.0 Å². The van der Waals surface area contributed by atoms with Crippen molar-refractivity contribution in [2.75, 3.05) is 18.4 Å². The molecule has 0 amide bonds. The Hall–Kier alpha value is -2.44. The van der Waals surface area contributed by atoms with Gasteiger partial charge in [0.1, 0.15) is 5.65 Å². The number of anilines is 1. The Morgan fingerprint density at radius 2 is 2.03 bits per heavy atom. The highest BCUT2D eigenvalue weighted by molar-refractivity contribution is 7.92. The first-order chi connectivity index (χ1) is 15.5. The predicted octanol–water partition coefficient (Wildman–Crippen LogP) is 2.55. The number of piperidine rings is 1. The van der Waals surface area contributed by atoms with E-state index in [2.05, 4.69) is 21.9 Å². The summed E-state index contributed by atoms with van der Waals surface area (Å²) in [5.41, 5.74) is -2.55. The van der Waals surface area contributed by atoms with Gasteiger partial charge in [-0.05, 0) is 45.1 Å². The fourth-order valence-corrected chi connectivity index (χ4v) is 5.67. The Morgan fingerprint density at radius 3 is 2.61 bits per heavy atom. The lowest BCUT2D eigenvalue weighted by atomic mass is 9.99. The summed E-state index contributed by atoms with van der Waals surface area (Å²) in [6.07, 6.45) is 1.03. The summed E-state index contributed by atoms with van der Waals surface area (Å²) >= 11 is 0. The topological polar surface area (TPSA) is 117 Å². The standard InChI is InChI=1S/C21H27F2N5O4S/c1-3-33(31,32)27-9-6-14(7-10-27)25-20-24-12-13-11-15(17(22)23)19(29)28(18(13)26-20)16-5-4-8-21(16,2)30/h3,11-12,14,16-17,30H,1,4-10H2,2H3,(H,24,25,26)/t16-,21-/m1/s1. The van der Waals surface area contributed by atoms with E-state index in [1.807, 2.05) is 0 Å². The van der Waals surface area contributed by atoms with Crippen LogP contribution in [-0.2, 0) is 10.0 Å². The van der Waals surface area contributed by atoms with Crippen LogP contribution >= 0.6 is 0 Å². The molecule has 0 radical (unpaired) electrons. The first-order valence-electron chi connectivity index (χ1n) is 10.9. The number of nitrogens with one attached hydrogen (secondary N) is 1. The molecule has 2 atom stereocenters. The number of halogens is 2. The van der Waals surface area contributed by atoms with Gasteiger partial charge < -0.3 is 10.4 Å². The molecular weight excluding hydrogens is 456 g/mol. The van der Waals surface area contributed by atoms with Gasteiger partial charge in [-0.3, -0.25) is 9.36 Å². The van der Waals surface area contributed by atoms with Crippen molar-refractivity contribution in [3.8, 4) is 0 Å². The molecule has 0 bridgehead atoms. The molecule has 4 rings (SSSR count). The number of alkyl halides is 2. The van der Waals surface area contributed by atoms with E-state index in [9.17, 15) is 27.1 Å². The summed E-state index contributed by atoms with van der Waals surface area (Å²) in [7, 11) is -3.47. The number of sulfonamides is 1. The Bertz CT molecular complexity index is 1220. The molecule has 180 valence electrons. The molecule has 2 fully saturated rings. The summed E-state index contributed by atoms with van der Waals surface area (Å²) in [6, 6.07) is 0.320. The van der Waals surface area contributed by atoms with Crippen LogP contribution in [0.2, 0.25) is 0 Å². The van der Waals surface area contributed by atoms with E-state index in [0.717, 1.165) is 11.5 Å². The molecule has 2 N–H and O–H groups in total. The quantitative estimate of drug-likeness (QED) is 0.648. The Labute approximate surface area is 190 Å². The molecular formula is C21H27F2N5O4S. The van der Waals surface area contributed by atoms with Crippen LogP contribution in [0.3, 0.4) is 0 Å². The molecule has 3 heterocycles. The third-order valence-electron chi connectivity index (χ3n) is 6.58. The van der Waals surface area contributed by atoms with Crippen molar-refractivity contribution in [3.05, 3.63) is 40.2 Å². The second-order valence-electron chi connectivity index (χ2n) is 8.84. The summed E-state index contributed by atoms with van der Waals surface area (Å²) in [5, 5.41) is 15.2. The zero-order valence-electron chi connectivity index (χ0n) is 18.2. The molecule has 1 aliphatic heterocycles. The lowest BCUT2D eigenvalue weighted by molar-refractivity contribution is 0.0261. The highest BCUT2D eigenvalue weighted by Gasteiger charge is 2.40. The van der Waals surface area contributed by atoms with Gasteiger partial charge in [-0.2, -0.15) is 9.29 Å². The minimum atomic E-state index is -3.47. The first-order valence-corrected chi connectivity index (χ1v) is 12.4. The fourth-order valence-electron chi connectivity index (χ4n) is 4.74. The van der Waals surface area contributed by atoms with Crippen molar-refractivity contribution in [2.45, 2.75) is 63.1 Å². The molecule has 12 heteroatoms. The van der Waals surface area contributed by atoms with E-state index >= 15 is 0 Å². The number of aliphatic hydroxyl groups is 1. The van der Waals surface area contributed by atoms with Crippen LogP contribution in [0.1, 0.15) is 57.1 Å². The van der Waals surface area contributed by atoms with Gasteiger partial charge in [0.15, 0.2) is 0 Å². The highest BCUT2D eigenvalue weighted by Crippen LogP contribution is 2.39. The van der Waals surface area contributed by atoms with Crippen LogP contribution < -0.4 is 10.9 Å². The lowest BCUT2D eigenvalue weighted by Gasteiger charge is -2.31. The van der Waals surface area contributed by atoms with Crippen LogP contribution in [0.25, 0.3) is 11.0 Å². The highest BCUT2D eigenvalue weighted by atomic mass is 32.2. The number of pyridine rings is 1. The number of fused-ring (bicyclic) bond motifs is 1. The van der Waals surface area contributed by atoms with Gasteiger partial charge in [0.25, 0.3) is 12.0 Å². The fraction of sp³-hybridized carbons (Fsp3) is 0.571. The minimum absolute atomic E-state index is 0.103. The average Bonchev–Trinajstić information content (AvgIpc) is 3.12. The van der Waals surface area contributed by atoms with Crippen LogP contribution in [0.5, 0.6) is 0 Å². The van der Waals surface area contributed by atoms with Gasteiger partial charge in [-0.1, -0.05) is 6.58 Å². The van der Waals surface area contributed by atoms with Crippen LogP contribution in [0.4, 0.5) is 14.7 Å². The Morgan fingerprint density at radius 1 is 1.33 bits per heavy atom. The smallest absolute Gasteiger partial charge is 0.269 e. The van der Waals surface area contributed by atoms with Gasteiger partial charge >= 0.3 is 0 Å². The van der Waals surface area contributed by atoms with Crippen molar-refractivity contribution in [2.24, 2.45) is 0 Å². The van der Waals surface area contributed by atoms with Gasteiger partial charge in [0.2, 0.25) is 16.0 Å². The number of hydrogen-bond donors (Lipinski definition) is 2. The van der Waals surface area contributed by atoms with Gasteiger partial charge in [0.05, 0.1) is 17.2 Å². The summed E-state index contributed by atoms with van der Waals surface area (Å²) in [6.45, 7) is 5.57. The van der Waals surface area contributed by atoms with E-state index in [1.165, 1.54) is 15.1 Å². The third kappa shape index (κ3) is 4.51. The maximum atomic E-state index is 13.6. The summed E-state index contributed by atoms with van der Waals surface area (Å²) < 4.78 is 53.6. The molecule has 2 aromatic rings. The molecule has 2 aromatic heterocycles. The van der Waals surface area contributed by atoms with Gasteiger partial charge in [-0.25, -0.2) is 22.2 Å². The van der Waals surface area contributed by atoms with Crippen LogP contribution in [0, 0.1) is 0 Å². The second kappa shape index (κ2) is 8.73. The maximum Gasteiger partial charge on any atom is 0.269 e. The molecule has 1 saturated heterocycles. The molecule has 1 aliphatic carbocycles. The maximum absolute atomic E-state index is 13.6. The third-order valence-corrected chi connectivity index (χ3v) is 8.09. The number of aromatic nitrogens is 3. The van der Waals surface area contributed by atoms with E-state index in [4.69, 9.17) is 0 Å². The van der Waals surface area contributed by atoms with Crippen molar-refractivity contribution in [1.82, 2.24) is 18.8 Å². The summed E-state index contributed by atoms with van der Waals surface area (Å²) in [4.78, 5) is 21.7. The first kappa shape index (κ1) is 23.7. The van der Waals surface area contributed by atoms with Gasteiger partial charge in [-0.15, -0.1) is 0 Å². The zero-order chi connectivity index (χ0) is 24.0. The van der Waals surface area contributed by atoms with Crippen molar-refractivity contribution in [3.63, 3.8) is 0 Å². The van der Waals surface area contributed by atoms with Crippen LogP contribution in [-0.4, -0.2) is 57.1 Å². The number of hydrogen-bond acceptors (Lipinski definition) is 7. The van der Waals surface area contributed by atoms with E-state index in [1.54, 1.807) is 6.92 Å².